The van der Waals surface area contributed by atoms with Crippen LogP contribution < -0.4 is 0 Å². The quantitative estimate of drug-likeness (QED) is 0.675. The van der Waals surface area contributed by atoms with Crippen molar-refractivity contribution in [1.29, 1.82) is 0 Å². The summed E-state index contributed by atoms with van der Waals surface area (Å²) in [7, 11) is 0. The lowest BCUT2D eigenvalue weighted by Crippen LogP contribution is -2.33. The Balaban J connectivity index is 1.22. The molecule has 3 fully saturated rings. The Morgan fingerprint density at radius 1 is 1.00 bits per heavy atom. The fraction of sp³-hybridized carbons (Fsp3) is 0.667. The third-order valence-electron chi connectivity index (χ3n) is 8.42. The molecule has 1 amide bonds. The van der Waals surface area contributed by atoms with Gasteiger partial charge in [-0.05, 0) is 81.0 Å². The van der Waals surface area contributed by atoms with Crippen molar-refractivity contribution in [2.75, 3.05) is 26.2 Å². The predicted octanol–water partition coefficient (Wildman–Crippen LogP) is 5.16. The van der Waals surface area contributed by atoms with E-state index >= 15 is 0 Å². The van der Waals surface area contributed by atoms with E-state index in [1.165, 1.54) is 61.9 Å². The van der Waals surface area contributed by atoms with Crippen LogP contribution in [0.5, 0.6) is 0 Å². The molecule has 1 saturated carbocycles. The van der Waals surface area contributed by atoms with Gasteiger partial charge >= 0.3 is 0 Å². The van der Waals surface area contributed by atoms with E-state index in [1.54, 1.807) is 0 Å². The molecule has 0 bridgehead atoms. The minimum Gasteiger partial charge on any atom is -0.342 e. The summed E-state index contributed by atoms with van der Waals surface area (Å²) < 4.78 is 0. The Labute approximate surface area is 182 Å². The monoisotopic (exact) mass is 406 g/mol. The minimum atomic E-state index is 0.315. The molecule has 0 aromatic heterocycles. The van der Waals surface area contributed by atoms with E-state index < -0.39 is 0 Å². The molecule has 3 nitrogen and oxygen atoms in total. The first-order valence-electron chi connectivity index (χ1n) is 12.5. The van der Waals surface area contributed by atoms with E-state index in [1.807, 2.05) is 0 Å². The van der Waals surface area contributed by atoms with Crippen LogP contribution in [0.1, 0.15) is 69.4 Å². The zero-order chi connectivity index (χ0) is 20.5. The number of carbonyl (C=O) groups is 1. The van der Waals surface area contributed by atoms with E-state index in [0.717, 1.165) is 44.8 Å². The first kappa shape index (κ1) is 20.3. The van der Waals surface area contributed by atoms with Crippen molar-refractivity contribution in [3.05, 3.63) is 41.5 Å². The molecule has 30 heavy (non-hydrogen) atoms. The van der Waals surface area contributed by atoms with Gasteiger partial charge in [-0.3, -0.25) is 4.79 Å². The van der Waals surface area contributed by atoms with Crippen molar-refractivity contribution in [2.24, 2.45) is 17.8 Å². The van der Waals surface area contributed by atoms with Gasteiger partial charge in [0.1, 0.15) is 0 Å². The molecule has 2 aliphatic heterocycles. The number of likely N-dealkylation sites (tertiary alicyclic amines) is 2. The molecule has 2 saturated heterocycles. The van der Waals surface area contributed by atoms with E-state index in [0.29, 0.717) is 23.7 Å². The lowest BCUT2D eigenvalue weighted by molar-refractivity contribution is -0.134. The number of allylic oxidation sites excluding steroid dienone is 1. The molecule has 3 atom stereocenters. The number of hydrogen-bond donors (Lipinski definition) is 0. The van der Waals surface area contributed by atoms with Crippen LogP contribution in [0, 0.1) is 17.8 Å². The highest BCUT2D eigenvalue weighted by atomic mass is 16.2. The molecular weight excluding hydrogens is 368 g/mol. The lowest BCUT2D eigenvalue weighted by atomic mass is 9.78. The Bertz CT molecular complexity index is 777. The molecular formula is C27H38N2O. The van der Waals surface area contributed by atoms with Crippen molar-refractivity contribution < 1.29 is 4.79 Å². The second-order valence-electron chi connectivity index (χ2n) is 10.3. The average molecular weight is 407 g/mol. The number of amides is 1. The molecule has 2 heterocycles. The van der Waals surface area contributed by atoms with Crippen LogP contribution in [0.25, 0.3) is 5.57 Å². The van der Waals surface area contributed by atoms with Gasteiger partial charge in [0.15, 0.2) is 0 Å². The third-order valence-corrected chi connectivity index (χ3v) is 8.42. The number of carbonyl (C=O) groups excluding carboxylic acids is 1. The SMILES string of the molecule is C[C@@H]1CCCN1CCc1ccc(C2=CCC[C@@H]3CN(C(=O)C4CCCC4)C[C@H]23)cc1. The van der Waals surface area contributed by atoms with Crippen LogP contribution in [0.2, 0.25) is 0 Å². The van der Waals surface area contributed by atoms with Crippen LogP contribution in [0.15, 0.2) is 30.3 Å². The minimum absolute atomic E-state index is 0.315. The Morgan fingerprint density at radius 3 is 2.53 bits per heavy atom. The van der Waals surface area contributed by atoms with Gasteiger partial charge in [-0.2, -0.15) is 0 Å². The van der Waals surface area contributed by atoms with Crippen LogP contribution in [-0.4, -0.2) is 47.9 Å². The van der Waals surface area contributed by atoms with Gasteiger partial charge in [0.05, 0.1) is 0 Å². The van der Waals surface area contributed by atoms with Crippen molar-refractivity contribution in [3.63, 3.8) is 0 Å². The van der Waals surface area contributed by atoms with Gasteiger partial charge in [0.2, 0.25) is 5.91 Å². The summed E-state index contributed by atoms with van der Waals surface area (Å²) in [5.74, 6) is 1.97. The fourth-order valence-corrected chi connectivity index (χ4v) is 6.52. The number of benzene rings is 1. The molecule has 0 unspecified atom stereocenters. The molecule has 0 radical (unpaired) electrons. The zero-order valence-corrected chi connectivity index (χ0v) is 18.7. The van der Waals surface area contributed by atoms with Crippen molar-refractivity contribution in [3.8, 4) is 0 Å². The van der Waals surface area contributed by atoms with Crippen molar-refractivity contribution >= 4 is 11.5 Å². The zero-order valence-electron chi connectivity index (χ0n) is 18.7. The summed E-state index contributed by atoms with van der Waals surface area (Å²) in [5.41, 5.74) is 4.35. The van der Waals surface area contributed by atoms with Crippen molar-refractivity contribution in [2.45, 2.75) is 70.8 Å². The molecule has 4 aliphatic rings. The molecule has 0 spiro atoms. The maximum Gasteiger partial charge on any atom is 0.225 e. The molecule has 1 aromatic rings. The van der Waals surface area contributed by atoms with E-state index in [9.17, 15) is 4.79 Å². The van der Waals surface area contributed by atoms with Gasteiger partial charge in [0.25, 0.3) is 0 Å². The van der Waals surface area contributed by atoms with Crippen LogP contribution in [0.4, 0.5) is 0 Å². The maximum atomic E-state index is 13.0. The molecule has 1 aromatic carbocycles. The molecule has 3 heteroatoms. The Hall–Kier alpha value is -1.61. The van der Waals surface area contributed by atoms with Crippen LogP contribution in [-0.2, 0) is 11.2 Å². The second-order valence-corrected chi connectivity index (χ2v) is 10.3. The highest BCUT2D eigenvalue weighted by molar-refractivity contribution is 5.80. The first-order valence-corrected chi connectivity index (χ1v) is 12.5. The standard InChI is InChI=1S/C27H38N2O/c1-20-6-5-16-28(20)17-15-21-11-13-22(14-12-21)25-10-4-9-24-18-29(19-26(24)25)27(30)23-7-2-3-8-23/h10-14,20,23-24,26H,2-9,15-19H2,1H3/t20-,24-,26+/m1/s1. The molecule has 162 valence electrons. The van der Waals surface area contributed by atoms with E-state index in [2.05, 4.69) is 47.1 Å². The number of rotatable bonds is 5. The molecule has 2 aliphatic carbocycles. The van der Waals surface area contributed by atoms with Gasteiger partial charge < -0.3 is 9.80 Å². The average Bonchev–Trinajstić information content (AvgIpc) is 3.52. The first-order chi connectivity index (χ1) is 14.7. The van der Waals surface area contributed by atoms with Gasteiger partial charge in [0, 0.05) is 37.5 Å². The summed E-state index contributed by atoms with van der Waals surface area (Å²) in [6, 6.07) is 10.1. The largest absolute Gasteiger partial charge is 0.342 e. The summed E-state index contributed by atoms with van der Waals surface area (Å²) in [6.07, 6.45) is 13.5. The normalized spacial score (nSPS) is 30.0. The molecule has 0 N–H and O–H groups in total. The second kappa shape index (κ2) is 8.86. The number of nitrogens with zero attached hydrogens (tertiary/aromatic N) is 2. The number of hydrogen-bond acceptors (Lipinski definition) is 2. The van der Waals surface area contributed by atoms with Crippen molar-refractivity contribution in [1.82, 2.24) is 9.80 Å². The predicted molar refractivity (Wildman–Crippen MR) is 123 cm³/mol. The lowest BCUT2D eigenvalue weighted by Gasteiger charge is -2.26. The van der Waals surface area contributed by atoms with E-state index in [-0.39, 0.29) is 0 Å². The fourth-order valence-electron chi connectivity index (χ4n) is 6.52. The highest BCUT2D eigenvalue weighted by Gasteiger charge is 2.40. The summed E-state index contributed by atoms with van der Waals surface area (Å²) in [4.78, 5) is 17.8. The van der Waals surface area contributed by atoms with Gasteiger partial charge in [-0.1, -0.05) is 43.2 Å². The maximum absolute atomic E-state index is 13.0. The van der Waals surface area contributed by atoms with Crippen LogP contribution >= 0.6 is 0 Å². The summed E-state index contributed by atoms with van der Waals surface area (Å²) in [5, 5.41) is 0. The number of fused-ring (bicyclic) bond motifs is 1. The molecule has 5 rings (SSSR count). The smallest absolute Gasteiger partial charge is 0.225 e. The summed E-state index contributed by atoms with van der Waals surface area (Å²) in [6.45, 7) is 6.76. The van der Waals surface area contributed by atoms with Gasteiger partial charge in [-0.15, -0.1) is 0 Å². The highest BCUT2D eigenvalue weighted by Crippen LogP contribution is 2.42. The topological polar surface area (TPSA) is 23.6 Å². The summed E-state index contributed by atoms with van der Waals surface area (Å²) >= 11 is 0. The third kappa shape index (κ3) is 4.10. The van der Waals surface area contributed by atoms with Gasteiger partial charge in [-0.25, -0.2) is 0 Å². The Kier molecular flexibility index (Phi) is 6.00. The van der Waals surface area contributed by atoms with E-state index in [4.69, 9.17) is 0 Å². The Morgan fingerprint density at radius 2 is 1.80 bits per heavy atom. The van der Waals surface area contributed by atoms with Crippen LogP contribution in [0.3, 0.4) is 0 Å².